The van der Waals surface area contributed by atoms with Crippen molar-refractivity contribution in [2.75, 3.05) is 13.1 Å². The van der Waals surface area contributed by atoms with Crippen molar-refractivity contribution in [3.63, 3.8) is 0 Å². The number of nitrogens with one attached hydrogen (secondary N) is 1. The molecule has 0 radical (unpaired) electrons. The fourth-order valence-corrected chi connectivity index (χ4v) is 6.37. The van der Waals surface area contributed by atoms with Crippen molar-refractivity contribution >= 4 is 28.0 Å². The van der Waals surface area contributed by atoms with Crippen LogP contribution in [-0.2, 0) is 13.1 Å². The number of imidazole rings is 1. The molecule has 1 saturated heterocycles. The molecule has 0 bridgehead atoms. The number of pyridine rings is 1. The zero-order valence-corrected chi connectivity index (χ0v) is 23.0. The summed E-state index contributed by atoms with van der Waals surface area (Å²) in [4.78, 5) is 36.5. The number of aromatic amines is 1. The molecular weight excluding hydrogens is 514 g/mol. The van der Waals surface area contributed by atoms with Crippen LogP contribution in [0.1, 0.15) is 42.9 Å². The lowest BCUT2D eigenvalue weighted by Crippen LogP contribution is -2.47. The van der Waals surface area contributed by atoms with Crippen molar-refractivity contribution in [2.45, 2.75) is 50.9 Å². The number of para-hydroxylation sites is 3. The number of likely N-dealkylation sites (tertiary alicyclic amines) is 1. The predicted molar refractivity (Wildman–Crippen MR) is 161 cm³/mol. The van der Waals surface area contributed by atoms with E-state index >= 15 is 0 Å². The summed E-state index contributed by atoms with van der Waals surface area (Å²) in [7, 11) is 0. The lowest BCUT2D eigenvalue weighted by molar-refractivity contribution is 0.0853. The van der Waals surface area contributed by atoms with Gasteiger partial charge in [-0.2, -0.15) is 0 Å². The van der Waals surface area contributed by atoms with E-state index in [9.17, 15) is 14.7 Å². The van der Waals surface area contributed by atoms with Gasteiger partial charge in [0.2, 0.25) is 0 Å². The first-order valence-corrected chi connectivity index (χ1v) is 14.3. The zero-order valence-electron chi connectivity index (χ0n) is 23.0. The van der Waals surface area contributed by atoms with Gasteiger partial charge < -0.3 is 15.0 Å². The Morgan fingerprint density at radius 2 is 1.76 bits per heavy atom. The van der Waals surface area contributed by atoms with Gasteiger partial charge in [-0.25, -0.2) is 9.59 Å². The van der Waals surface area contributed by atoms with Gasteiger partial charge in [0.05, 0.1) is 16.6 Å². The number of hydrogen-bond acceptors (Lipinski definition) is 4. The third kappa shape index (κ3) is 5.88. The van der Waals surface area contributed by atoms with Crippen molar-refractivity contribution in [1.82, 2.24) is 24.3 Å². The third-order valence-corrected chi connectivity index (χ3v) is 8.32. The van der Waals surface area contributed by atoms with Gasteiger partial charge in [0, 0.05) is 43.3 Å². The lowest BCUT2D eigenvalue weighted by Gasteiger charge is -2.38. The van der Waals surface area contributed by atoms with Crippen molar-refractivity contribution < 1.29 is 9.90 Å². The number of carboxylic acid groups (broad SMARTS) is 1. The van der Waals surface area contributed by atoms with Crippen LogP contribution in [0, 0.1) is 0 Å². The number of benzene rings is 3. The Hall–Kier alpha value is -4.43. The summed E-state index contributed by atoms with van der Waals surface area (Å²) < 4.78 is 1.83. The van der Waals surface area contributed by atoms with Crippen molar-refractivity contribution in [3.05, 3.63) is 113 Å². The van der Waals surface area contributed by atoms with E-state index in [-0.39, 0.29) is 17.8 Å². The Labute approximate surface area is 238 Å². The smallest absolute Gasteiger partial charge is 0.407 e. The van der Waals surface area contributed by atoms with Crippen LogP contribution in [0.2, 0.25) is 0 Å². The summed E-state index contributed by atoms with van der Waals surface area (Å²) in [5.74, 6) is 0. The molecule has 0 aliphatic carbocycles. The Morgan fingerprint density at radius 1 is 0.976 bits per heavy atom. The first-order valence-electron chi connectivity index (χ1n) is 14.3. The van der Waals surface area contributed by atoms with E-state index in [4.69, 9.17) is 0 Å². The molecule has 2 N–H and O–H groups in total. The van der Waals surface area contributed by atoms with Gasteiger partial charge in [0.15, 0.2) is 0 Å². The molecule has 3 heterocycles. The minimum absolute atomic E-state index is 0.0390. The maximum absolute atomic E-state index is 12.9. The van der Waals surface area contributed by atoms with Crippen LogP contribution in [-0.4, -0.2) is 54.7 Å². The van der Waals surface area contributed by atoms with Crippen LogP contribution in [0.5, 0.6) is 0 Å². The number of hydrogen-bond donors (Lipinski definition) is 2. The van der Waals surface area contributed by atoms with Crippen LogP contribution in [0.3, 0.4) is 0 Å². The molecule has 2 atom stereocenters. The average Bonchev–Trinajstić information content (AvgIpc) is 3.33. The van der Waals surface area contributed by atoms with Crippen LogP contribution >= 0.6 is 0 Å². The third-order valence-electron chi connectivity index (χ3n) is 8.32. The monoisotopic (exact) mass is 549 g/mol. The quantitative estimate of drug-likeness (QED) is 0.234. The fraction of sp³-hybridized carbons (Fsp3) is 0.303. The normalized spacial score (nSPS) is 17.4. The summed E-state index contributed by atoms with van der Waals surface area (Å²) in [5, 5.41) is 11.1. The first-order chi connectivity index (χ1) is 20.1. The summed E-state index contributed by atoms with van der Waals surface area (Å²) >= 11 is 0. The molecule has 8 heteroatoms. The number of piperidine rings is 1. The summed E-state index contributed by atoms with van der Waals surface area (Å²) in [6.45, 7) is 2.83. The molecule has 1 aliphatic heterocycles. The number of amides is 1. The Kier molecular flexibility index (Phi) is 7.82. The molecule has 210 valence electrons. The van der Waals surface area contributed by atoms with Gasteiger partial charge in [-0.15, -0.1) is 0 Å². The Bertz CT molecular complexity index is 1690. The van der Waals surface area contributed by atoms with E-state index in [1.807, 2.05) is 59.3 Å². The molecule has 41 heavy (non-hydrogen) atoms. The predicted octanol–water partition coefficient (Wildman–Crippen LogP) is 6.04. The number of carbonyl (C=O) groups is 1. The second-order valence-electron chi connectivity index (χ2n) is 11.0. The van der Waals surface area contributed by atoms with Gasteiger partial charge >= 0.3 is 11.8 Å². The SMILES string of the molecule is O=C(O)N1CC[C@H](n2c(=O)[nH]c3ccccc32)C[C@@H]1CCCN(Cc1ccccc1)Cc1ccnc2ccccc12. The Balaban J connectivity index is 1.19. The van der Waals surface area contributed by atoms with Gasteiger partial charge in [-0.05, 0) is 67.6 Å². The van der Waals surface area contributed by atoms with Crippen molar-refractivity contribution in [3.8, 4) is 0 Å². The van der Waals surface area contributed by atoms with Gasteiger partial charge in [0.1, 0.15) is 0 Å². The van der Waals surface area contributed by atoms with Gasteiger partial charge in [-0.1, -0.05) is 60.7 Å². The number of nitrogens with zero attached hydrogens (tertiary/aromatic N) is 4. The molecule has 2 aromatic heterocycles. The van der Waals surface area contributed by atoms with Crippen LogP contribution < -0.4 is 5.69 Å². The zero-order chi connectivity index (χ0) is 28.2. The average molecular weight is 550 g/mol. The highest BCUT2D eigenvalue weighted by Crippen LogP contribution is 2.31. The molecule has 6 rings (SSSR count). The highest BCUT2D eigenvalue weighted by molar-refractivity contribution is 5.81. The molecule has 1 aliphatic rings. The minimum atomic E-state index is -0.885. The first kappa shape index (κ1) is 26.8. The fourth-order valence-electron chi connectivity index (χ4n) is 6.37. The standard InChI is InChI=1S/C33H35N5O3/c39-32-35-30-14-6-7-15-31(30)38(32)27-17-20-37(33(40)41)26(21-27)11-8-19-36(22-24-9-2-1-3-10-24)23-25-16-18-34-29-13-5-4-12-28(25)29/h1-7,9-10,12-16,18,26-27H,8,11,17,19-23H2,(H,35,39)(H,40,41)/t26-,27-/m0/s1. The highest BCUT2D eigenvalue weighted by atomic mass is 16.4. The molecule has 0 unspecified atom stereocenters. The second kappa shape index (κ2) is 12.0. The largest absolute Gasteiger partial charge is 0.465 e. The topological polar surface area (TPSA) is 94.5 Å². The number of H-pyrrole nitrogens is 1. The second-order valence-corrected chi connectivity index (χ2v) is 11.0. The maximum atomic E-state index is 12.9. The maximum Gasteiger partial charge on any atom is 0.407 e. The molecule has 1 amide bonds. The minimum Gasteiger partial charge on any atom is -0.465 e. The molecular formula is C33H35N5O3. The molecule has 8 nitrogen and oxygen atoms in total. The van der Waals surface area contributed by atoms with Crippen LogP contribution in [0.4, 0.5) is 4.79 Å². The van der Waals surface area contributed by atoms with E-state index in [0.717, 1.165) is 54.4 Å². The van der Waals surface area contributed by atoms with E-state index < -0.39 is 6.09 Å². The van der Waals surface area contributed by atoms with Crippen LogP contribution in [0.15, 0.2) is 95.9 Å². The van der Waals surface area contributed by atoms with Crippen molar-refractivity contribution in [1.29, 1.82) is 0 Å². The summed E-state index contributed by atoms with van der Waals surface area (Å²) in [6, 6.07) is 28.3. The van der Waals surface area contributed by atoms with E-state index in [1.165, 1.54) is 11.1 Å². The molecule has 0 saturated carbocycles. The van der Waals surface area contributed by atoms with Gasteiger partial charge in [0.25, 0.3) is 0 Å². The Morgan fingerprint density at radius 3 is 2.61 bits per heavy atom. The van der Waals surface area contributed by atoms with Crippen LogP contribution in [0.25, 0.3) is 21.9 Å². The van der Waals surface area contributed by atoms with Gasteiger partial charge in [-0.3, -0.25) is 14.5 Å². The number of fused-ring (bicyclic) bond motifs is 2. The summed E-state index contributed by atoms with van der Waals surface area (Å²) in [6.07, 6.45) is 3.82. The van der Waals surface area contributed by atoms with E-state index in [1.54, 1.807) is 4.90 Å². The number of rotatable bonds is 9. The molecule has 0 spiro atoms. The van der Waals surface area contributed by atoms with E-state index in [2.05, 4.69) is 51.3 Å². The van der Waals surface area contributed by atoms with Crippen molar-refractivity contribution in [2.24, 2.45) is 0 Å². The lowest BCUT2D eigenvalue weighted by atomic mass is 9.93. The molecule has 1 fully saturated rings. The molecule has 5 aromatic rings. The molecule has 3 aromatic carbocycles. The number of aromatic nitrogens is 3. The van der Waals surface area contributed by atoms with E-state index in [0.29, 0.717) is 19.4 Å². The highest BCUT2D eigenvalue weighted by Gasteiger charge is 2.33. The summed E-state index contributed by atoms with van der Waals surface area (Å²) in [5.41, 5.74) is 5.03.